The standard InChI is InChI=1S/C11H21NO/c1-11(13,8-2-3-8)9-4-6-10(12)7-5-9/h8-10,13H,2-7,12H2,1H3. The van der Waals surface area contributed by atoms with E-state index < -0.39 is 0 Å². The molecule has 0 bridgehead atoms. The summed E-state index contributed by atoms with van der Waals surface area (Å²) in [7, 11) is 0. The molecule has 0 aromatic rings. The first-order valence-corrected chi connectivity index (χ1v) is 5.58. The quantitative estimate of drug-likeness (QED) is 0.684. The second-order valence-electron chi connectivity index (χ2n) is 5.11. The Labute approximate surface area is 80.5 Å². The van der Waals surface area contributed by atoms with Crippen LogP contribution < -0.4 is 5.73 Å². The topological polar surface area (TPSA) is 46.2 Å². The summed E-state index contributed by atoms with van der Waals surface area (Å²) in [6.45, 7) is 2.03. The summed E-state index contributed by atoms with van der Waals surface area (Å²) in [5.74, 6) is 1.10. The Morgan fingerprint density at radius 3 is 1.77 bits per heavy atom. The summed E-state index contributed by atoms with van der Waals surface area (Å²) >= 11 is 0. The molecule has 2 aliphatic rings. The summed E-state index contributed by atoms with van der Waals surface area (Å²) in [5, 5.41) is 10.3. The van der Waals surface area contributed by atoms with E-state index in [1.165, 1.54) is 12.8 Å². The second-order valence-corrected chi connectivity index (χ2v) is 5.11. The minimum atomic E-state index is -0.389. The van der Waals surface area contributed by atoms with Crippen molar-refractivity contribution in [2.24, 2.45) is 17.6 Å². The van der Waals surface area contributed by atoms with Gasteiger partial charge >= 0.3 is 0 Å². The number of hydrogen-bond acceptors (Lipinski definition) is 2. The van der Waals surface area contributed by atoms with Gasteiger partial charge in [-0.05, 0) is 57.3 Å². The summed E-state index contributed by atoms with van der Waals surface area (Å²) in [4.78, 5) is 0. The third kappa shape index (κ3) is 1.89. The van der Waals surface area contributed by atoms with Crippen LogP contribution >= 0.6 is 0 Å². The van der Waals surface area contributed by atoms with Crippen molar-refractivity contribution in [1.82, 2.24) is 0 Å². The highest BCUT2D eigenvalue weighted by molar-refractivity contribution is 4.97. The number of hydrogen-bond donors (Lipinski definition) is 2. The number of nitrogens with two attached hydrogens (primary N) is 1. The summed E-state index contributed by atoms with van der Waals surface area (Å²) in [6, 6.07) is 0.395. The van der Waals surface area contributed by atoms with Crippen LogP contribution in [-0.2, 0) is 0 Å². The molecule has 2 fully saturated rings. The highest BCUT2D eigenvalue weighted by Crippen LogP contribution is 2.47. The van der Waals surface area contributed by atoms with Crippen molar-refractivity contribution in [3.63, 3.8) is 0 Å². The Hall–Kier alpha value is -0.0800. The molecule has 2 saturated carbocycles. The molecular formula is C11H21NO. The normalized spacial score (nSPS) is 39.9. The van der Waals surface area contributed by atoms with Gasteiger partial charge < -0.3 is 10.8 Å². The van der Waals surface area contributed by atoms with E-state index >= 15 is 0 Å². The van der Waals surface area contributed by atoms with E-state index in [9.17, 15) is 5.11 Å². The lowest BCUT2D eigenvalue weighted by Gasteiger charge is -2.37. The average molecular weight is 183 g/mol. The lowest BCUT2D eigenvalue weighted by molar-refractivity contribution is -0.0373. The van der Waals surface area contributed by atoms with E-state index in [0.717, 1.165) is 25.7 Å². The third-order valence-electron chi connectivity index (χ3n) is 4.00. The van der Waals surface area contributed by atoms with Gasteiger partial charge in [-0.2, -0.15) is 0 Å². The molecule has 2 rings (SSSR count). The van der Waals surface area contributed by atoms with E-state index in [4.69, 9.17) is 5.73 Å². The average Bonchev–Trinajstić information content (AvgIpc) is 2.87. The van der Waals surface area contributed by atoms with Crippen molar-refractivity contribution in [2.45, 2.75) is 57.1 Å². The van der Waals surface area contributed by atoms with Gasteiger partial charge in [0.05, 0.1) is 5.60 Å². The Balaban J connectivity index is 1.92. The molecule has 0 radical (unpaired) electrons. The first kappa shape index (κ1) is 9.47. The summed E-state index contributed by atoms with van der Waals surface area (Å²) < 4.78 is 0. The molecule has 2 heteroatoms. The highest BCUT2D eigenvalue weighted by Gasteiger charge is 2.45. The van der Waals surface area contributed by atoms with Gasteiger partial charge in [0, 0.05) is 6.04 Å². The largest absolute Gasteiger partial charge is 0.390 e. The van der Waals surface area contributed by atoms with Crippen molar-refractivity contribution in [3.8, 4) is 0 Å². The van der Waals surface area contributed by atoms with Gasteiger partial charge in [-0.1, -0.05) is 0 Å². The zero-order chi connectivity index (χ0) is 9.47. The first-order valence-electron chi connectivity index (χ1n) is 5.58. The van der Waals surface area contributed by atoms with Crippen molar-refractivity contribution in [3.05, 3.63) is 0 Å². The van der Waals surface area contributed by atoms with Gasteiger partial charge in [0.25, 0.3) is 0 Å². The van der Waals surface area contributed by atoms with E-state index in [1.54, 1.807) is 0 Å². The molecule has 0 heterocycles. The molecule has 0 saturated heterocycles. The zero-order valence-electron chi connectivity index (χ0n) is 8.50. The maximum atomic E-state index is 10.3. The van der Waals surface area contributed by atoms with Crippen LogP contribution in [0.15, 0.2) is 0 Å². The zero-order valence-corrected chi connectivity index (χ0v) is 8.50. The molecule has 2 nitrogen and oxygen atoms in total. The fraction of sp³-hybridized carbons (Fsp3) is 1.00. The summed E-state index contributed by atoms with van der Waals surface area (Å²) in [5.41, 5.74) is 5.46. The number of rotatable bonds is 2. The van der Waals surface area contributed by atoms with Crippen molar-refractivity contribution >= 4 is 0 Å². The van der Waals surface area contributed by atoms with Crippen LogP contribution in [-0.4, -0.2) is 16.7 Å². The molecule has 1 atom stereocenters. The van der Waals surface area contributed by atoms with Gasteiger partial charge in [-0.3, -0.25) is 0 Å². The molecule has 13 heavy (non-hydrogen) atoms. The molecule has 2 aliphatic carbocycles. The van der Waals surface area contributed by atoms with E-state index in [1.807, 2.05) is 6.92 Å². The maximum absolute atomic E-state index is 10.3. The molecule has 1 unspecified atom stereocenters. The van der Waals surface area contributed by atoms with E-state index in [-0.39, 0.29) is 5.60 Å². The van der Waals surface area contributed by atoms with Crippen LogP contribution in [0.4, 0.5) is 0 Å². The van der Waals surface area contributed by atoms with Crippen molar-refractivity contribution in [1.29, 1.82) is 0 Å². The summed E-state index contributed by atoms with van der Waals surface area (Å²) in [6.07, 6.45) is 6.93. The van der Waals surface area contributed by atoms with E-state index in [0.29, 0.717) is 17.9 Å². The fourth-order valence-corrected chi connectivity index (χ4v) is 2.70. The molecule has 0 spiro atoms. The van der Waals surface area contributed by atoms with Crippen LogP contribution in [0.25, 0.3) is 0 Å². The maximum Gasteiger partial charge on any atom is 0.0675 e. The fourth-order valence-electron chi connectivity index (χ4n) is 2.70. The molecule has 0 aromatic carbocycles. The van der Waals surface area contributed by atoms with Crippen LogP contribution in [0.2, 0.25) is 0 Å². The Kier molecular flexibility index (Phi) is 2.37. The lowest BCUT2D eigenvalue weighted by Crippen LogP contribution is -2.41. The number of aliphatic hydroxyl groups is 1. The van der Waals surface area contributed by atoms with Crippen molar-refractivity contribution in [2.75, 3.05) is 0 Å². The molecule has 76 valence electrons. The molecule has 0 aromatic heterocycles. The smallest absolute Gasteiger partial charge is 0.0675 e. The van der Waals surface area contributed by atoms with Gasteiger partial charge in [-0.25, -0.2) is 0 Å². The predicted octanol–water partition coefficient (Wildman–Crippen LogP) is 1.66. The van der Waals surface area contributed by atoms with Crippen LogP contribution in [0.5, 0.6) is 0 Å². The molecule has 0 aliphatic heterocycles. The monoisotopic (exact) mass is 183 g/mol. The minimum absolute atomic E-state index is 0.389. The SMILES string of the molecule is CC(O)(C1CCC(N)CC1)C1CC1. The molecule has 3 N–H and O–H groups in total. The van der Waals surface area contributed by atoms with Crippen LogP contribution in [0.3, 0.4) is 0 Å². The van der Waals surface area contributed by atoms with Crippen LogP contribution in [0.1, 0.15) is 45.4 Å². The Morgan fingerprint density at radius 1 is 1.00 bits per heavy atom. The Morgan fingerprint density at radius 2 is 1.38 bits per heavy atom. The van der Waals surface area contributed by atoms with Gasteiger partial charge in [0.2, 0.25) is 0 Å². The minimum Gasteiger partial charge on any atom is -0.390 e. The van der Waals surface area contributed by atoms with Gasteiger partial charge in [0.15, 0.2) is 0 Å². The Bertz CT molecular complexity index is 179. The van der Waals surface area contributed by atoms with Gasteiger partial charge in [0.1, 0.15) is 0 Å². The second kappa shape index (κ2) is 3.25. The highest BCUT2D eigenvalue weighted by atomic mass is 16.3. The van der Waals surface area contributed by atoms with Gasteiger partial charge in [-0.15, -0.1) is 0 Å². The predicted molar refractivity (Wildman–Crippen MR) is 53.3 cm³/mol. The van der Waals surface area contributed by atoms with E-state index in [2.05, 4.69) is 0 Å². The molecular weight excluding hydrogens is 162 g/mol. The lowest BCUT2D eigenvalue weighted by atomic mass is 9.74. The van der Waals surface area contributed by atoms with Crippen LogP contribution in [0, 0.1) is 11.8 Å². The third-order valence-corrected chi connectivity index (χ3v) is 4.00. The molecule has 0 amide bonds. The van der Waals surface area contributed by atoms with Crippen molar-refractivity contribution < 1.29 is 5.11 Å². The first-order chi connectivity index (χ1) is 6.10.